The molecular weight excluding hydrogens is 244 g/mol. The molecule has 1 amide bonds. The van der Waals surface area contributed by atoms with Gasteiger partial charge in [-0.2, -0.15) is 0 Å². The van der Waals surface area contributed by atoms with Gasteiger partial charge in [-0.15, -0.1) is 0 Å². The molecule has 1 heterocycles. The van der Waals surface area contributed by atoms with Crippen LogP contribution in [0, 0.1) is 6.92 Å². The molecule has 1 aromatic carbocycles. The highest BCUT2D eigenvalue weighted by Gasteiger charge is 2.11. The molecule has 0 spiro atoms. The lowest BCUT2D eigenvalue weighted by atomic mass is 10.3. The van der Waals surface area contributed by atoms with Crippen LogP contribution in [0.15, 0.2) is 34.9 Å². The van der Waals surface area contributed by atoms with Gasteiger partial charge in [0.05, 0.1) is 12.3 Å². The van der Waals surface area contributed by atoms with Crippen molar-refractivity contribution < 1.29 is 14.1 Å². The fourth-order valence-corrected chi connectivity index (χ4v) is 1.52. The van der Waals surface area contributed by atoms with E-state index in [0.717, 1.165) is 12.2 Å². The van der Waals surface area contributed by atoms with Crippen molar-refractivity contribution in [3.05, 3.63) is 41.8 Å². The van der Waals surface area contributed by atoms with Crippen molar-refractivity contribution in [1.29, 1.82) is 0 Å². The van der Waals surface area contributed by atoms with E-state index in [1.807, 2.05) is 19.1 Å². The molecule has 19 heavy (non-hydrogen) atoms. The lowest BCUT2D eigenvalue weighted by Crippen LogP contribution is -2.10. The van der Waals surface area contributed by atoms with Crippen LogP contribution in [0.3, 0.4) is 0 Å². The van der Waals surface area contributed by atoms with E-state index in [-0.39, 0.29) is 11.7 Å². The van der Waals surface area contributed by atoms with E-state index in [4.69, 9.17) is 9.26 Å². The van der Waals surface area contributed by atoms with E-state index in [0.29, 0.717) is 18.0 Å². The Balaban J connectivity index is 1.97. The van der Waals surface area contributed by atoms with E-state index in [2.05, 4.69) is 10.5 Å². The van der Waals surface area contributed by atoms with Gasteiger partial charge in [0.1, 0.15) is 5.75 Å². The van der Waals surface area contributed by atoms with Gasteiger partial charge < -0.3 is 14.6 Å². The maximum absolute atomic E-state index is 11.8. The van der Waals surface area contributed by atoms with Crippen LogP contribution in [-0.2, 0) is 0 Å². The monoisotopic (exact) mass is 260 g/mol. The van der Waals surface area contributed by atoms with Gasteiger partial charge >= 0.3 is 0 Å². The number of aryl methyl sites for hydroxylation is 1. The maximum Gasteiger partial charge on any atom is 0.294 e. The maximum atomic E-state index is 11.8. The molecule has 0 fully saturated rings. The molecular formula is C14H16N2O3. The summed E-state index contributed by atoms with van der Waals surface area (Å²) >= 11 is 0. The van der Waals surface area contributed by atoms with E-state index in [1.54, 1.807) is 25.1 Å². The molecule has 0 aliphatic rings. The molecule has 5 nitrogen and oxygen atoms in total. The number of hydrogen-bond acceptors (Lipinski definition) is 4. The number of anilines is 1. The van der Waals surface area contributed by atoms with Gasteiger partial charge in [-0.1, -0.05) is 12.1 Å². The van der Waals surface area contributed by atoms with Crippen molar-refractivity contribution in [2.45, 2.75) is 20.3 Å². The zero-order valence-electron chi connectivity index (χ0n) is 11.0. The summed E-state index contributed by atoms with van der Waals surface area (Å²) < 4.78 is 10.4. The van der Waals surface area contributed by atoms with Crippen LogP contribution in [0.25, 0.3) is 0 Å². The molecule has 0 radical (unpaired) electrons. The molecule has 0 atom stereocenters. The molecule has 2 rings (SSSR count). The zero-order chi connectivity index (χ0) is 13.7. The summed E-state index contributed by atoms with van der Waals surface area (Å²) in [6, 6.07) is 8.79. The predicted molar refractivity (Wildman–Crippen MR) is 71.4 cm³/mol. The molecule has 2 aromatic rings. The molecule has 0 saturated carbocycles. The Kier molecular flexibility index (Phi) is 4.18. The minimum atomic E-state index is -0.317. The normalized spacial score (nSPS) is 10.2. The molecule has 5 heteroatoms. The average molecular weight is 260 g/mol. The van der Waals surface area contributed by atoms with E-state index in [9.17, 15) is 4.79 Å². The minimum absolute atomic E-state index is 0.198. The number of rotatable bonds is 5. The molecule has 0 aliphatic heterocycles. The lowest BCUT2D eigenvalue weighted by molar-refractivity contribution is 0.0988. The van der Waals surface area contributed by atoms with Crippen molar-refractivity contribution in [1.82, 2.24) is 5.16 Å². The standard InChI is InChI=1S/C14H16N2O3/c1-3-8-18-12-6-4-11(5-7-12)15-14(17)13-9-10(2)16-19-13/h4-7,9H,3,8H2,1-2H3,(H,15,17). The van der Waals surface area contributed by atoms with Crippen molar-refractivity contribution in [2.75, 3.05) is 11.9 Å². The van der Waals surface area contributed by atoms with Crippen LogP contribution in [0.4, 0.5) is 5.69 Å². The summed E-state index contributed by atoms with van der Waals surface area (Å²) in [6.07, 6.45) is 0.962. The number of hydrogen-bond donors (Lipinski definition) is 1. The second-order valence-electron chi connectivity index (χ2n) is 4.16. The van der Waals surface area contributed by atoms with Gasteiger partial charge in [-0.3, -0.25) is 4.79 Å². The Morgan fingerprint density at radius 3 is 2.68 bits per heavy atom. The first-order valence-corrected chi connectivity index (χ1v) is 6.16. The zero-order valence-corrected chi connectivity index (χ0v) is 11.0. The van der Waals surface area contributed by atoms with Crippen molar-refractivity contribution in [3.63, 3.8) is 0 Å². The van der Waals surface area contributed by atoms with Crippen LogP contribution in [0.1, 0.15) is 29.6 Å². The minimum Gasteiger partial charge on any atom is -0.494 e. The molecule has 0 saturated heterocycles. The van der Waals surface area contributed by atoms with Crippen LogP contribution < -0.4 is 10.1 Å². The van der Waals surface area contributed by atoms with Crippen LogP contribution in [-0.4, -0.2) is 17.7 Å². The fraction of sp³-hybridized carbons (Fsp3) is 0.286. The number of aromatic nitrogens is 1. The number of carbonyl (C=O) groups is 1. The molecule has 1 N–H and O–H groups in total. The van der Waals surface area contributed by atoms with Crippen LogP contribution in [0.2, 0.25) is 0 Å². The van der Waals surface area contributed by atoms with Gasteiger partial charge in [0, 0.05) is 11.8 Å². The Morgan fingerprint density at radius 1 is 1.37 bits per heavy atom. The van der Waals surface area contributed by atoms with Gasteiger partial charge in [-0.05, 0) is 37.6 Å². The molecule has 100 valence electrons. The third-order valence-electron chi connectivity index (χ3n) is 2.44. The van der Waals surface area contributed by atoms with Crippen LogP contribution in [0.5, 0.6) is 5.75 Å². The van der Waals surface area contributed by atoms with Gasteiger partial charge in [0.2, 0.25) is 5.76 Å². The summed E-state index contributed by atoms with van der Waals surface area (Å²) in [5.74, 6) is 0.669. The van der Waals surface area contributed by atoms with E-state index in [1.165, 1.54) is 0 Å². The highest BCUT2D eigenvalue weighted by Crippen LogP contribution is 2.16. The largest absolute Gasteiger partial charge is 0.494 e. The third kappa shape index (κ3) is 3.58. The first-order valence-electron chi connectivity index (χ1n) is 6.16. The molecule has 0 aliphatic carbocycles. The molecule has 1 aromatic heterocycles. The molecule has 0 unspecified atom stereocenters. The van der Waals surface area contributed by atoms with Crippen molar-refractivity contribution in [2.24, 2.45) is 0 Å². The number of nitrogens with one attached hydrogen (secondary N) is 1. The first-order chi connectivity index (χ1) is 9.19. The number of carbonyl (C=O) groups excluding carboxylic acids is 1. The second-order valence-corrected chi connectivity index (χ2v) is 4.16. The van der Waals surface area contributed by atoms with Crippen molar-refractivity contribution >= 4 is 11.6 Å². The Labute approximate surface area is 111 Å². The Morgan fingerprint density at radius 2 is 2.11 bits per heavy atom. The van der Waals surface area contributed by atoms with Crippen molar-refractivity contribution in [3.8, 4) is 5.75 Å². The lowest BCUT2D eigenvalue weighted by Gasteiger charge is -2.06. The SMILES string of the molecule is CCCOc1ccc(NC(=O)c2cc(C)no2)cc1. The van der Waals surface area contributed by atoms with E-state index >= 15 is 0 Å². The Hall–Kier alpha value is -2.30. The summed E-state index contributed by atoms with van der Waals surface area (Å²) in [4.78, 5) is 11.8. The third-order valence-corrected chi connectivity index (χ3v) is 2.44. The second kappa shape index (κ2) is 6.04. The number of ether oxygens (including phenoxy) is 1. The summed E-state index contributed by atoms with van der Waals surface area (Å²) in [6.45, 7) is 4.50. The smallest absolute Gasteiger partial charge is 0.294 e. The van der Waals surface area contributed by atoms with Gasteiger partial charge in [0.25, 0.3) is 5.91 Å². The quantitative estimate of drug-likeness (QED) is 0.897. The highest BCUT2D eigenvalue weighted by molar-refractivity contribution is 6.02. The number of nitrogens with zero attached hydrogens (tertiary/aromatic N) is 1. The summed E-state index contributed by atoms with van der Waals surface area (Å²) in [7, 11) is 0. The van der Waals surface area contributed by atoms with Gasteiger partial charge in [-0.25, -0.2) is 0 Å². The highest BCUT2D eigenvalue weighted by atomic mass is 16.5. The molecule has 0 bridgehead atoms. The van der Waals surface area contributed by atoms with Gasteiger partial charge in [0.15, 0.2) is 0 Å². The fourth-order valence-electron chi connectivity index (χ4n) is 1.52. The number of benzene rings is 1. The first kappa shape index (κ1) is 13.1. The summed E-state index contributed by atoms with van der Waals surface area (Å²) in [5.41, 5.74) is 1.36. The Bertz CT molecular complexity index is 546. The topological polar surface area (TPSA) is 64.4 Å². The summed E-state index contributed by atoms with van der Waals surface area (Å²) in [5, 5.41) is 6.40. The average Bonchev–Trinajstić information content (AvgIpc) is 2.85. The predicted octanol–water partition coefficient (Wildman–Crippen LogP) is 3.02. The van der Waals surface area contributed by atoms with E-state index < -0.39 is 0 Å². The number of amides is 1. The van der Waals surface area contributed by atoms with Crippen LogP contribution >= 0.6 is 0 Å².